The number of nitrogens with one attached hydrogen (secondary N) is 1. The van der Waals surface area contributed by atoms with Gasteiger partial charge in [-0.3, -0.25) is 4.40 Å². The highest BCUT2D eigenvalue weighted by Gasteiger charge is 2.49. The number of pyridine rings is 1. The lowest BCUT2D eigenvalue weighted by atomic mass is 9.74. The molecule has 0 amide bonds. The molecular formula is C26H31F2IN6O4S2. The van der Waals surface area contributed by atoms with Gasteiger partial charge in [-0.2, -0.15) is 0 Å². The Labute approximate surface area is 254 Å². The highest BCUT2D eigenvalue weighted by atomic mass is 127. The fraction of sp³-hybridized carbons (Fsp3) is 0.654. The number of alkyl halides is 3. The van der Waals surface area contributed by atoms with Crippen LogP contribution < -0.4 is 9.62 Å². The lowest BCUT2D eigenvalue weighted by Gasteiger charge is -2.41. The normalized spacial score (nSPS) is 26.2. The fourth-order valence-electron chi connectivity index (χ4n) is 6.14. The van der Waals surface area contributed by atoms with Crippen molar-refractivity contribution in [2.24, 2.45) is 5.41 Å². The van der Waals surface area contributed by atoms with Crippen molar-refractivity contribution in [2.75, 3.05) is 31.3 Å². The Morgan fingerprint density at radius 1 is 1.27 bits per heavy atom. The van der Waals surface area contributed by atoms with Crippen LogP contribution in [-0.4, -0.2) is 77.2 Å². The number of halogens is 3. The Morgan fingerprint density at radius 2 is 2.00 bits per heavy atom. The van der Waals surface area contributed by atoms with Gasteiger partial charge in [0, 0.05) is 30.6 Å². The number of hydrogen-bond acceptors (Lipinski definition) is 9. The molecule has 0 aromatic carbocycles. The van der Waals surface area contributed by atoms with Crippen LogP contribution in [0.4, 0.5) is 14.5 Å². The van der Waals surface area contributed by atoms with Crippen LogP contribution in [-0.2, 0) is 14.8 Å². The number of anilines is 1. The van der Waals surface area contributed by atoms with E-state index in [9.17, 15) is 22.3 Å². The summed E-state index contributed by atoms with van der Waals surface area (Å²) in [5, 5.41) is 19.9. The summed E-state index contributed by atoms with van der Waals surface area (Å²) in [5.74, 6) is 0.197. The lowest BCUT2D eigenvalue weighted by molar-refractivity contribution is 0.0250. The SMILES string of the molecule is C[C@H]1OCC2(CCN(c3cc(S(=O)(=O)NC4(CF)CC4)cn4c(-c5nnc(C(F)I)s5)c(C5CC5)nc34)CC2)C1O. The quantitative estimate of drug-likeness (QED) is 0.262. The molecule has 3 aromatic rings. The topological polar surface area (TPSA) is 122 Å². The number of nitrogens with zero attached hydrogens (tertiary/aromatic N) is 5. The number of piperidine rings is 1. The Balaban J connectivity index is 1.36. The molecule has 1 spiro atoms. The van der Waals surface area contributed by atoms with E-state index < -0.39 is 32.5 Å². The second kappa shape index (κ2) is 10.0. The van der Waals surface area contributed by atoms with Crippen molar-refractivity contribution in [1.29, 1.82) is 0 Å². The van der Waals surface area contributed by atoms with Gasteiger partial charge in [0.15, 0.2) is 15.7 Å². The van der Waals surface area contributed by atoms with Crippen molar-refractivity contribution in [1.82, 2.24) is 24.3 Å². The van der Waals surface area contributed by atoms with Crippen molar-refractivity contribution in [3.05, 3.63) is 23.0 Å². The van der Waals surface area contributed by atoms with Crippen LogP contribution in [0.25, 0.3) is 16.3 Å². The molecule has 4 fully saturated rings. The van der Waals surface area contributed by atoms with Gasteiger partial charge >= 0.3 is 0 Å². The predicted molar refractivity (Wildman–Crippen MR) is 158 cm³/mol. The van der Waals surface area contributed by atoms with Crippen LogP contribution >= 0.6 is 33.9 Å². The van der Waals surface area contributed by atoms with Crippen LogP contribution in [0.2, 0.25) is 0 Å². The minimum Gasteiger partial charge on any atom is -0.390 e. The molecule has 2 aliphatic carbocycles. The van der Waals surface area contributed by atoms with Crippen LogP contribution in [0.3, 0.4) is 0 Å². The molecule has 10 nitrogen and oxygen atoms in total. The first-order valence-electron chi connectivity index (χ1n) is 13.9. The van der Waals surface area contributed by atoms with Crippen LogP contribution in [0.15, 0.2) is 17.2 Å². The van der Waals surface area contributed by atoms with Gasteiger partial charge in [-0.15, -0.1) is 10.2 Å². The first-order chi connectivity index (χ1) is 19.5. The zero-order chi connectivity index (χ0) is 28.7. The van der Waals surface area contributed by atoms with Crippen LogP contribution in [0.5, 0.6) is 0 Å². The van der Waals surface area contributed by atoms with Crippen molar-refractivity contribution in [3.8, 4) is 10.7 Å². The van der Waals surface area contributed by atoms with E-state index in [0.717, 1.165) is 29.9 Å². The summed E-state index contributed by atoms with van der Waals surface area (Å²) in [7, 11) is -4.08. The van der Waals surface area contributed by atoms with E-state index in [2.05, 4.69) is 19.8 Å². The molecule has 7 rings (SSSR count). The third kappa shape index (κ3) is 4.87. The third-order valence-electron chi connectivity index (χ3n) is 9.07. The largest absolute Gasteiger partial charge is 0.390 e. The van der Waals surface area contributed by atoms with E-state index in [1.54, 1.807) is 33.1 Å². The van der Waals surface area contributed by atoms with Crippen molar-refractivity contribution in [2.45, 2.75) is 78.2 Å². The average molecular weight is 721 g/mol. The lowest BCUT2D eigenvalue weighted by Crippen LogP contribution is -2.47. The van der Waals surface area contributed by atoms with E-state index >= 15 is 0 Å². The Morgan fingerprint density at radius 3 is 2.56 bits per heavy atom. The van der Waals surface area contributed by atoms with E-state index in [1.165, 1.54) is 6.20 Å². The van der Waals surface area contributed by atoms with Gasteiger partial charge in [0.05, 0.1) is 35.7 Å². The molecule has 2 saturated heterocycles. The number of fused-ring (bicyclic) bond motifs is 1. The average Bonchev–Trinajstić information content (AvgIpc) is 3.83. The molecule has 41 heavy (non-hydrogen) atoms. The summed E-state index contributed by atoms with van der Waals surface area (Å²) in [6.45, 7) is 2.77. The summed E-state index contributed by atoms with van der Waals surface area (Å²) in [6.07, 6.45) is 4.90. The third-order valence-corrected chi connectivity index (χ3v) is 12.6. The number of aliphatic hydroxyl groups is 1. The van der Waals surface area contributed by atoms with Crippen LogP contribution in [0.1, 0.15) is 66.2 Å². The van der Waals surface area contributed by atoms with Crippen molar-refractivity contribution >= 4 is 55.3 Å². The summed E-state index contributed by atoms with van der Waals surface area (Å²) >= 11 is 2.78. The number of rotatable bonds is 8. The molecule has 0 radical (unpaired) electrons. The first kappa shape index (κ1) is 28.3. The molecule has 2 N–H and O–H groups in total. The Kier molecular flexibility index (Phi) is 6.90. The monoisotopic (exact) mass is 720 g/mol. The van der Waals surface area contributed by atoms with Gasteiger partial charge in [0.2, 0.25) is 14.2 Å². The van der Waals surface area contributed by atoms with E-state index in [4.69, 9.17) is 9.72 Å². The highest BCUT2D eigenvalue weighted by molar-refractivity contribution is 14.1. The molecule has 0 bridgehead atoms. The molecule has 5 heterocycles. The molecule has 15 heteroatoms. The van der Waals surface area contributed by atoms with Crippen molar-refractivity contribution in [3.63, 3.8) is 0 Å². The van der Waals surface area contributed by atoms with E-state index in [1.807, 2.05) is 6.92 Å². The molecule has 2 unspecified atom stereocenters. The van der Waals surface area contributed by atoms with Crippen molar-refractivity contribution < 1.29 is 27.0 Å². The van der Waals surface area contributed by atoms with Gasteiger partial charge in [0.1, 0.15) is 17.3 Å². The Hall–Kier alpha value is -1.53. The van der Waals surface area contributed by atoms with E-state index in [0.29, 0.717) is 67.4 Å². The number of aromatic nitrogens is 4. The molecule has 3 aromatic heterocycles. The number of aliphatic hydroxyl groups excluding tert-OH is 1. The summed E-state index contributed by atoms with van der Waals surface area (Å²) in [6, 6.07) is 1.62. The zero-order valence-electron chi connectivity index (χ0n) is 22.4. The zero-order valence-corrected chi connectivity index (χ0v) is 26.2. The van der Waals surface area contributed by atoms with Gasteiger partial charge in [-0.1, -0.05) is 11.3 Å². The van der Waals surface area contributed by atoms with Gasteiger partial charge in [0.25, 0.3) is 0 Å². The molecule has 2 saturated carbocycles. The second-order valence-electron chi connectivity index (χ2n) is 12.0. The fourth-order valence-corrected chi connectivity index (χ4v) is 8.85. The maximum atomic E-state index is 14.1. The standard InChI is InChI=1S/C26H31F2IN6O4S2/c1-14-20(36)25(13-39-14)6-8-34(9-7-25)17-10-16(41(37,38)33-26(12-27)4-5-26)11-35-19(18(15-2-3-15)30-22(17)35)23-31-32-24(40-23)21(28)29/h10-11,14-15,20-21,33,36H,2-9,12-13H2,1H3/t14-,20?,21?/m1/s1. The molecular weight excluding hydrogens is 689 g/mol. The maximum absolute atomic E-state index is 14.1. The minimum absolute atomic E-state index is 0.000800. The van der Waals surface area contributed by atoms with Gasteiger partial charge < -0.3 is 14.7 Å². The van der Waals surface area contributed by atoms with Gasteiger partial charge in [-0.05, 0) is 74.1 Å². The Bertz CT molecular complexity index is 1600. The molecule has 4 aliphatic rings. The van der Waals surface area contributed by atoms with E-state index in [-0.39, 0.29) is 27.3 Å². The van der Waals surface area contributed by atoms with Crippen LogP contribution in [0, 0.1) is 5.41 Å². The highest BCUT2D eigenvalue weighted by Crippen LogP contribution is 2.48. The molecule has 2 aliphatic heterocycles. The summed E-state index contributed by atoms with van der Waals surface area (Å²) in [5.41, 5.74) is 1.26. The molecule has 222 valence electrons. The minimum atomic E-state index is -4.08. The maximum Gasteiger partial charge on any atom is 0.242 e. The second-order valence-corrected chi connectivity index (χ2v) is 15.7. The first-order valence-corrected chi connectivity index (χ1v) is 17.4. The number of ether oxygens (including phenoxy) is 1. The number of hydrogen-bond donors (Lipinski definition) is 2. The summed E-state index contributed by atoms with van der Waals surface area (Å²) in [4.78, 5) is 7.15. The molecule has 3 atom stereocenters. The number of sulfonamides is 1. The summed E-state index contributed by atoms with van der Waals surface area (Å²) < 4.78 is 63.9. The van der Waals surface area contributed by atoms with Gasteiger partial charge in [-0.25, -0.2) is 26.9 Å². The number of imidazole rings is 1. The smallest absolute Gasteiger partial charge is 0.242 e. The predicted octanol–water partition coefficient (Wildman–Crippen LogP) is 4.28.